The summed E-state index contributed by atoms with van der Waals surface area (Å²) in [5, 5.41) is 0. The van der Waals surface area contributed by atoms with Gasteiger partial charge in [-0.15, -0.1) is 11.8 Å². The first-order chi connectivity index (χ1) is 13.4. The van der Waals surface area contributed by atoms with Crippen LogP contribution in [0.4, 0.5) is 0 Å². The maximum Gasteiger partial charge on any atom is 0.255 e. The summed E-state index contributed by atoms with van der Waals surface area (Å²) in [4.78, 5) is 15.5. The van der Waals surface area contributed by atoms with Gasteiger partial charge in [0.2, 0.25) is 10.0 Å². The molecule has 0 atom stereocenters. The van der Waals surface area contributed by atoms with Gasteiger partial charge in [-0.25, -0.2) is 13.1 Å². The summed E-state index contributed by atoms with van der Waals surface area (Å²) in [6.45, 7) is 4.17. The summed E-state index contributed by atoms with van der Waals surface area (Å²) >= 11 is 1.42. The fraction of sp³-hybridized carbons (Fsp3) is 0.350. The molecule has 0 bridgehead atoms. The van der Waals surface area contributed by atoms with E-state index in [1.54, 1.807) is 17.0 Å². The van der Waals surface area contributed by atoms with Crippen molar-refractivity contribution in [3.05, 3.63) is 59.2 Å². The summed E-state index contributed by atoms with van der Waals surface area (Å²) in [5.74, 6) is -0.164. The summed E-state index contributed by atoms with van der Waals surface area (Å²) in [6.07, 6.45) is 1.87. The Morgan fingerprint density at radius 3 is 2.61 bits per heavy atom. The average molecular weight is 421 g/mol. The Morgan fingerprint density at radius 1 is 1.18 bits per heavy atom. The first-order valence-electron chi connectivity index (χ1n) is 9.01. The van der Waals surface area contributed by atoms with Crippen LogP contribution < -0.4 is 4.72 Å². The van der Waals surface area contributed by atoms with Crippen LogP contribution in [0.2, 0.25) is 0 Å². The molecule has 0 saturated carbocycles. The molecule has 6 nitrogen and oxygen atoms in total. The van der Waals surface area contributed by atoms with Gasteiger partial charge in [0.15, 0.2) is 0 Å². The van der Waals surface area contributed by atoms with Crippen molar-refractivity contribution in [2.75, 3.05) is 32.6 Å². The standard InChI is InChI=1S/C20H24N2O4S2/c1-15-4-3-5-16(12-15)14-21-28(24,25)17-6-7-19(27-2)18(13-17)20(23)22-8-10-26-11-9-22/h3-7,12-13,21H,8-11,14H2,1-2H3. The first-order valence-corrected chi connectivity index (χ1v) is 11.7. The highest BCUT2D eigenvalue weighted by atomic mass is 32.2. The predicted octanol–water partition coefficient (Wildman–Crippen LogP) is 2.67. The predicted molar refractivity (Wildman–Crippen MR) is 110 cm³/mol. The van der Waals surface area contributed by atoms with E-state index >= 15 is 0 Å². The Balaban J connectivity index is 1.83. The highest BCUT2D eigenvalue weighted by molar-refractivity contribution is 7.98. The number of ether oxygens (including phenoxy) is 1. The molecule has 0 aromatic heterocycles. The molecule has 150 valence electrons. The molecule has 0 aliphatic carbocycles. The number of amides is 1. The van der Waals surface area contributed by atoms with E-state index < -0.39 is 10.0 Å². The fourth-order valence-electron chi connectivity index (χ4n) is 3.04. The molecule has 2 aromatic carbocycles. The molecule has 1 amide bonds. The molecule has 1 saturated heterocycles. The van der Waals surface area contributed by atoms with Crippen molar-refractivity contribution in [1.29, 1.82) is 0 Å². The molecular weight excluding hydrogens is 396 g/mol. The second-order valence-electron chi connectivity index (χ2n) is 6.58. The van der Waals surface area contributed by atoms with Gasteiger partial charge in [0.05, 0.1) is 23.7 Å². The van der Waals surface area contributed by atoms with Crippen molar-refractivity contribution >= 4 is 27.7 Å². The Hall–Kier alpha value is -1.87. The number of nitrogens with one attached hydrogen (secondary N) is 1. The van der Waals surface area contributed by atoms with E-state index in [-0.39, 0.29) is 17.3 Å². The zero-order chi connectivity index (χ0) is 20.1. The minimum Gasteiger partial charge on any atom is -0.378 e. The third-order valence-corrected chi connectivity index (χ3v) is 6.75. The molecule has 8 heteroatoms. The number of carbonyl (C=O) groups is 1. The molecule has 1 aliphatic heterocycles. The molecular formula is C20H24N2O4S2. The maximum absolute atomic E-state index is 12.9. The lowest BCUT2D eigenvalue weighted by Crippen LogP contribution is -2.41. The van der Waals surface area contributed by atoms with Gasteiger partial charge in [-0.2, -0.15) is 0 Å². The Morgan fingerprint density at radius 2 is 1.93 bits per heavy atom. The minimum atomic E-state index is -3.74. The van der Waals surface area contributed by atoms with Crippen molar-refractivity contribution in [2.45, 2.75) is 23.3 Å². The van der Waals surface area contributed by atoms with Crippen LogP contribution in [-0.2, 0) is 21.3 Å². The van der Waals surface area contributed by atoms with Crippen LogP contribution in [-0.4, -0.2) is 51.8 Å². The third kappa shape index (κ3) is 4.94. The molecule has 1 N–H and O–H groups in total. The molecule has 1 fully saturated rings. The summed E-state index contributed by atoms with van der Waals surface area (Å²) in [6, 6.07) is 12.4. The Kier molecular flexibility index (Phi) is 6.77. The molecule has 0 spiro atoms. The number of rotatable bonds is 6. The summed E-state index contributed by atoms with van der Waals surface area (Å²) < 4.78 is 33.5. The normalized spacial score (nSPS) is 14.9. The van der Waals surface area contributed by atoms with Crippen molar-refractivity contribution in [1.82, 2.24) is 9.62 Å². The molecule has 28 heavy (non-hydrogen) atoms. The van der Waals surface area contributed by atoms with Crippen molar-refractivity contribution < 1.29 is 17.9 Å². The number of aryl methyl sites for hydroxylation is 1. The number of morpholine rings is 1. The average Bonchev–Trinajstić information content (AvgIpc) is 2.72. The van der Waals surface area contributed by atoms with E-state index in [0.29, 0.717) is 31.9 Å². The van der Waals surface area contributed by atoms with Crippen LogP contribution in [0, 0.1) is 6.92 Å². The largest absolute Gasteiger partial charge is 0.378 e. The van der Waals surface area contributed by atoms with Crippen LogP contribution in [0.5, 0.6) is 0 Å². The fourth-order valence-corrected chi connectivity index (χ4v) is 4.66. The highest BCUT2D eigenvalue weighted by Crippen LogP contribution is 2.25. The molecule has 0 unspecified atom stereocenters. The van der Waals surface area contributed by atoms with Crippen LogP contribution in [0.25, 0.3) is 0 Å². The van der Waals surface area contributed by atoms with E-state index in [9.17, 15) is 13.2 Å². The lowest BCUT2D eigenvalue weighted by molar-refractivity contribution is 0.0300. The van der Waals surface area contributed by atoms with Crippen molar-refractivity contribution in [3.8, 4) is 0 Å². The van der Waals surface area contributed by atoms with E-state index in [4.69, 9.17) is 4.74 Å². The third-order valence-electron chi connectivity index (χ3n) is 4.56. The topological polar surface area (TPSA) is 75.7 Å². The van der Waals surface area contributed by atoms with Gasteiger partial charge < -0.3 is 9.64 Å². The van der Waals surface area contributed by atoms with E-state index in [1.165, 1.54) is 17.8 Å². The molecule has 0 radical (unpaired) electrons. The van der Waals surface area contributed by atoms with Gasteiger partial charge in [0.25, 0.3) is 5.91 Å². The number of sulfonamides is 1. The molecule has 2 aromatic rings. The Labute approximate surface area is 170 Å². The monoisotopic (exact) mass is 420 g/mol. The number of benzene rings is 2. The number of nitrogens with zero attached hydrogens (tertiary/aromatic N) is 1. The van der Waals surface area contributed by atoms with Crippen LogP contribution >= 0.6 is 11.8 Å². The van der Waals surface area contributed by atoms with E-state index in [2.05, 4.69) is 4.72 Å². The van der Waals surface area contributed by atoms with Gasteiger partial charge in [-0.1, -0.05) is 29.8 Å². The van der Waals surface area contributed by atoms with Gasteiger partial charge >= 0.3 is 0 Å². The summed E-state index contributed by atoms with van der Waals surface area (Å²) in [5.41, 5.74) is 2.36. The van der Waals surface area contributed by atoms with Crippen molar-refractivity contribution in [3.63, 3.8) is 0 Å². The lowest BCUT2D eigenvalue weighted by Gasteiger charge is -2.27. The van der Waals surface area contributed by atoms with Crippen molar-refractivity contribution in [2.24, 2.45) is 0 Å². The summed E-state index contributed by atoms with van der Waals surface area (Å²) in [7, 11) is -3.74. The smallest absolute Gasteiger partial charge is 0.255 e. The zero-order valence-electron chi connectivity index (χ0n) is 16.0. The number of carbonyl (C=O) groups excluding carboxylic acids is 1. The van der Waals surface area contributed by atoms with Crippen LogP contribution in [0.15, 0.2) is 52.3 Å². The van der Waals surface area contributed by atoms with Gasteiger partial charge in [-0.3, -0.25) is 4.79 Å². The second-order valence-corrected chi connectivity index (χ2v) is 9.20. The number of thioether (sulfide) groups is 1. The first kappa shape index (κ1) is 20.9. The minimum absolute atomic E-state index is 0.0922. The SMILES string of the molecule is CSc1ccc(S(=O)(=O)NCc2cccc(C)c2)cc1C(=O)N1CCOCC1. The van der Waals surface area contributed by atoms with Gasteiger partial charge in [-0.05, 0) is 36.9 Å². The number of hydrogen-bond donors (Lipinski definition) is 1. The highest BCUT2D eigenvalue weighted by Gasteiger charge is 2.24. The van der Waals surface area contributed by atoms with E-state index in [1.807, 2.05) is 37.4 Å². The Bertz CT molecular complexity index is 954. The van der Waals surface area contributed by atoms with Gasteiger partial charge in [0.1, 0.15) is 0 Å². The van der Waals surface area contributed by atoms with E-state index in [0.717, 1.165) is 16.0 Å². The lowest BCUT2D eigenvalue weighted by atomic mass is 10.1. The van der Waals surface area contributed by atoms with Crippen LogP contribution in [0.1, 0.15) is 21.5 Å². The van der Waals surface area contributed by atoms with Gasteiger partial charge in [0, 0.05) is 24.5 Å². The molecule has 1 aliphatic rings. The number of hydrogen-bond acceptors (Lipinski definition) is 5. The van der Waals surface area contributed by atoms with Crippen LogP contribution in [0.3, 0.4) is 0 Å². The molecule has 1 heterocycles. The quantitative estimate of drug-likeness (QED) is 0.727. The maximum atomic E-state index is 12.9. The molecule has 3 rings (SSSR count). The second kappa shape index (κ2) is 9.09. The zero-order valence-corrected chi connectivity index (χ0v) is 17.6.